The molecule has 104 valence electrons. The Morgan fingerprint density at radius 3 is 2.45 bits per heavy atom. The van der Waals surface area contributed by atoms with Gasteiger partial charge in [-0.25, -0.2) is 8.78 Å². The molecule has 0 fully saturated rings. The third-order valence-corrected chi connectivity index (χ3v) is 2.56. The highest BCUT2D eigenvalue weighted by molar-refractivity contribution is 6.06. The summed E-state index contributed by atoms with van der Waals surface area (Å²) in [6.45, 7) is 0. The number of hydrogen-bond donors (Lipinski definition) is 4. The van der Waals surface area contributed by atoms with Gasteiger partial charge in [-0.05, 0) is 18.2 Å². The van der Waals surface area contributed by atoms with Crippen LogP contribution in [-0.2, 0) is 0 Å². The summed E-state index contributed by atoms with van der Waals surface area (Å²) in [5.41, 5.74) is 4.46. The van der Waals surface area contributed by atoms with Crippen LogP contribution in [0.1, 0.15) is 10.4 Å². The molecule has 20 heavy (non-hydrogen) atoms. The molecule has 0 aliphatic rings. The van der Waals surface area contributed by atoms with Crippen molar-refractivity contribution in [1.82, 2.24) is 0 Å². The van der Waals surface area contributed by atoms with Crippen molar-refractivity contribution < 1.29 is 23.8 Å². The van der Waals surface area contributed by atoms with E-state index in [1.807, 2.05) is 0 Å². The molecule has 0 atom stereocenters. The number of halogens is 2. The molecule has 0 heterocycles. The first kappa shape index (κ1) is 13.6. The third kappa shape index (κ3) is 2.61. The molecule has 0 unspecified atom stereocenters. The molecule has 0 aliphatic carbocycles. The average Bonchev–Trinajstić information content (AvgIpc) is 2.35. The fraction of sp³-hybridized carbons (Fsp3) is 0. The van der Waals surface area contributed by atoms with Gasteiger partial charge in [0.2, 0.25) is 0 Å². The maximum Gasteiger partial charge on any atom is 0.259 e. The zero-order chi connectivity index (χ0) is 14.9. The van der Waals surface area contributed by atoms with Gasteiger partial charge in [-0.1, -0.05) is 0 Å². The van der Waals surface area contributed by atoms with Crippen LogP contribution < -0.4 is 11.1 Å². The van der Waals surface area contributed by atoms with Crippen LogP contribution in [0.3, 0.4) is 0 Å². The second-order valence-corrected chi connectivity index (χ2v) is 4.01. The smallest absolute Gasteiger partial charge is 0.259 e. The fourth-order valence-electron chi connectivity index (χ4n) is 1.56. The minimum absolute atomic E-state index is 0.176. The highest BCUT2D eigenvalue weighted by atomic mass is 19.1. The first-order chi connectivity index (χ1) is 9.38. The number of phenolic OH excluding ortho intramolecular Hbond substituents is 2. The molecule has 2 rings (SSSR count). The standard InChI is InChI=1S/C13H10F2N2O3/c14-8-4-9(15)11(5-10(8)16)17-13(20)7-2-1-6(18)3-12(7)19/h1-5,18-19H,16H2,(H,17,20). The summed E-state index contributed by atoms with van der Waals surface area (Å²) in [5.74, 6) is -3.46. The summed E-state index contributed by atoms with van der Waals surface area (Å²) >= 11 is 0. The number of anilines is 2. The van der Waals surface area contributed by atoms with Crippen molar-refractivity contribution in [1.29, 1.82) is 0 Å². The third-order valence-electron chi connectivity index (χ3n) is 2.56. The number of aromatic hydroxyl groups is 2. The Kier molecular flexibility index (Phi) is 3.43. The number of amides is 1. The summed E-state index contributed by atoms with van der Waals surface area (Å²) in [6, 6.07) is 4.78. The maximum absolute atomic E-state index is 13.5. The van der Waals surface area contributed by atoms with Crippen LogP contribution in [0.5, 0.6) is 11.5 Å². The van der Waals surface area contributed by atoms with Crippen molar-refractivity contribution in [2.45, 2.75) is 0 Å². The van der Waals surface area contributed by atoms with E-state index in [9.17, 15) is 18.7 Å². The molecule has 5 N–H and O–H groups in total. The van der Waals surface area contributed by atoms with Gasteiger partial charge in [-0.15, -0.1) is 0 Å². The van der Waals surface area contributed by atoms with Crippen molar-refractivity contribution in [2.24, 2.45) is 0 Å². The molecule has 2 aromatic rings. The second kappa shape index (κ2) is 5.04. The molecule has 2 aromatic carbocycles. The largest absolute Gasteiger partial charge is 0.508 e. The highest BCUT2D eigenvalue weighted by Gasteiger charge is 2.15. The van der Waals surface area contributed by atoms with Crippen LogP contribution in [0, 0.1) is 11.6 Å². The monoisotopic (exact) mass is 280 g/mol. The van der Waals surface area contributed by atoms with E-state index in [1.165, 1.54) is 6.07 Å². The Morgan fingerprint density at radius 1 is 1.10 bits per heavy atom. The molecule has 0 aliphatic heterocycles. The summed E-state index contributed by atoms with van der Waals surface area (Å²) in [5, 5.41) is 20.8. The molecule has 7 heteroatoms. The van der Waals surface area contributed by atoms with E-state index in [0.29, 0.717) is 6.07 Å². The lowest BCUT2D eigenvalue weighted by Crippen LogP contribution is -2.13. The summed E-state index contributed by atoms with van der Waals surface area (Å²) in [6.07, 6.45) is 0. The van der Waals surface area contributed by atoms with E-state index in [4.69, 9.17) is 10.8 Å². The number of nitrogens with one attached hydrogen (secondary N) is 1. The molecule has 5 nitrogen and oxygen atoms in total. The molecule has 1 amide bonds. The van der Waals surface area contributed by atoms with Gasteiger partial charge in [0, 0.05) is 12.1 Å². The van der Waals surface area contributed by atoms with Gasteiger partial charge in [0.05, 0.1) is 16.9 Å². The van der Waals surface area contributed by atoms with Gasteiger partial charge < -0.3 is 21.3 Å². The number of carbonyl (C=O) groups is 1. The summed E-state index contributed by atoms with van der Waals surface area (Å²) in [4.78, 5) is 11.8. The Labute approximate surface area is 112 Å². The lowest BCUT2D eigenvalue weighted by Gasteiger charge is -2.09. The maximum atomic E-state index is 13.5. The van der Waals surface area contributed by atoms with Gasteiger partial charge in [0.25, 0.3) is 5.91 Å². The SMILES string of the molecule is Nc1cc(NC(=O)c2ccc(O)cc2O)c(F)cc1F. The first-order valence-corrected chi connectivity index (χ1v) is 5.46. The zero-order valence-corrected chi connectivity index (χ0v) is 10.0. The van der Waals surface area contributed by atoms with Gasteiger partial charge in [-0.3, -0.25) is 4.79 Å². The normalized spacial score (nSPS) is 10.3. The minimum atomic E-state index is -0.997. The van der Waals surface area contributed by atoms with Crippen LogP contribution in [-0.4, -0.2) is 16.1 Å². The van der Waals surface area contributed by atoms with Gasteiger partial charge in [0.1, 0.15) is 23.1 Å². The Hall–Kier alpha value is -2.83. The molecule has 0 saturated heterocycles. The Bertz CT molecular complexity index is 690. The Balaban J connectivity index is 2.30. The van der Waals surface area contributed by atoms with Crippen molar-refractivity contribution >= 4 is 17.3 Å². The summed E-state index contributed by atoms with van der Waals surface area (Å²) < 4.78 is 26.4. The van der Waals surface area contributed by atoms with Crippen molar-refractivity contribution in [3.63, 3.8) is 0 Å². The van der Waals surface area contributed by atoms with Gasteiger partial charge in [-0.2, -0.15) is 0 Å². The van der Waals surface area contributed by atoms with Crippen molar-refractivity contribution in [3.05, 3.63) is 47.5 Å². The fourth-order valence-corrected chi connectivity index (χ4v) is 1.56. The van der Waals surface area contributed by atoms with Crippen LogP contribution in [0.25, 0.3) is 0 Å². The molecule has 0 spiro atoms. The predicted octanol–water partition coefficient (Wildman–Crippen LogP) is 2.21. The zero-order valence-electron chi connectivity index (χ0n) is 10.0. The molecule has 0 saturated carbocycles. The lowest BCUT2D eigenvalue weighted by atomic mass is 10.1. The molecule has 0 radical (unpaired) electrons. The van der Waals surface area contributed by atoms with Crippen LogP contribution in [0.2, 0.25) is 0 Å². The number of rotatable bonds is 2. The first-order valence-electron chi connectivity index (χ1n) is 5.46. The average molecular weight is 280 g/mol. The molecule has 0 bridgehead atoms. The number of hydrogen-bond acceptors (Lipinski definition) is 4. The predicted molar refractivity (Wildman–Crippen MR) is 68.5 cm³/mol. The number of benzene rings is 2. The summed E-state index contributed by atoms with van der Waals surface area (Å²) in [7, 11) is 0. The topological polar surface area (TPSA) is 95.6 Å². The molecule has 0 aromatic heterocycles. The van der Waals surface area contributed by atoms with Gasteiger partial charge >= 0.3 is 0 Å². The van der Waals surface area contributed by atoms with E-state index >= 15 is 0 Å². The lowest BCUT2D eigenvalue weighted by molar-refractivity contribution is 0.102. The van der Waals surface area contributed by atoms with E-state index in [-0.39, 0.29) is 22.7 Å². The van der Waals surface area contributed by atoms with Gasteiger partial charge in [0.15, 0.2) is 0 Å². The van der Waals surface area contributed by atoms with E-state index in [2.05, 4.69) is 5.32 Å². The van der Waals surface area contributed by atoms with E-state index in [1.54, 1.807) is 0 Å². The van der Waals surface area contributed by atoms with Crippen LogP contribution >= 0.6 is 0 Å². The quantitative estimate of drug-likeness (QED) is 0.634. The Morgan fingerprint density at radius 2 is 1.80 bits per heavy atom. The highest BCUT2D eigenvalue weighted by Crippen LogP contribution is 2.25. The van der Waals surface area contributed by atoms with E-state index < -0.39 is 23.3 Å². The number of carbonyl (C=O) groups excluding carboxylic acids is 1. The van der Waals surface area contributed by atoms with E-state index in [0.717, 1.165) is 18.2 Å². The van der Waals surface area contributed by atoms with Crippen LogP contribution in [0.4, 0.5) is 20.2 Å². The van der Waals surface area contributed by atoms with Crippen molar-refractivity contribution in [2.75, 3.05) is 11.1 Å². The minimum Gasteiger partial charge on any atom is -0.508 e. The van der Waals surface area contributed by atoms with Crippen LogP contribution in [0.15, 0.2) is 30.3 Å². The van der Waals surface area contributed by atoms with Crippen molar-refractivity contribution in [3.8, 4) is 11.5 Å². The number of phenols is 2. The molecular formula is C13H10F2N2O3. The number of nitrogens with two attached hydrogens (primary N) is 1. The second-order valence-electron chi connectivity index (χ2n) is 4.01. The number of nitrogen functional groups attached to an aromatic ring is 1. The molecular weight excluding hydrogens is 270 g/mol.